The van der Waals surface area contributed by atoms with Crippen LogP contribution in [0, 0.1) is 0 Å². The fourth-order valence-electron chi connectivity index (χ4n) is 2.25. The van der Waals surface area contributed by atoms with Crippen molar-refractivity contribution in [1.82, 2.24) is 4.57 Å². The zero-order chi connectivity index (χ0) is 14.9. The molecule has 0 aliphatic rings. The summed E-state index contributed by atoms with van der Waals surface area (Å²) in [5.74, 6) is -0.643. The third kappa shape index (κ3) is 2.67. The molecule has 1 aromatic heterocycles. The van der Waals surface area contributed by atoms with Gasteiger partial charge in [-0.2, -0.15) is 0 Å². The van der Waals surface area contributed by atoms with Crippen LogP contribution in [0.2, 0.25) is 5.02 Å². The van der Waals surface area contributed by atoms with Gasteiger partial charge in [-0.15, -0.1) is 0 Å². The number of hydrogen-bond acceptors (Lipinski definition) is 3. The van der Waals surface area contributed by atoms with Crippen LogP contribution in [0.5, 0.6) is 0 Å². The lowest BCUT2D eigenvalue weighted by Crippen LogP contribution is -2.15. The number of carbonyl (C=O) groups excluding carboxylic acids is 1. The van der Waals surface area contributed by atoms with E-state index in [1.165, 1.54) is 0 Å². The second-order valence-corrected chi connectivity index (χ2v) is 5.34. The number of aliphatic hydroxyl groups is 1. The molecule has 2 aromatic rings. The van der Waals surface area contributed by atoms with Gasteiger partial charge in [0.1, 0.15) is 0 Å². The van der Waals surface area contributed by atoms with Gasteiger partial charge in [-0.3, -0.25) is 0 Å². The van der Waals surface area contributed by atoms with Crippen molar-refractivity contribution in [3.8, 4) is 0 Å². The van der Waals surface area contributed by atoms with Crippen LogP contribution in [0.25, 0.3) is 10.9 Å². The molecule has 0 aliphatic carbocycles. The molecule has 0 amide bonds. The molecule has 2 rings (SSSR count). The number of nitrogens with zero attached hydrogens (tertiary/aromatic N) is 1. The lowest BCUT2D eigenvalue weighted by Gasteiger charge is -2.09. The van der Waals surface area contributed by atoms with Crippen molar-refractivity contribution < 1.29 is 14.6 Å². The van der Waals surface area contributed by atoms with E-state index in [1.54, 1.807) is 25.3 Å². The largest absolute Gasteiger partial charge is 0.464 e. The lowest BCUT2D eigenvalue weighted by atomic mass is 10.1. The highest BCUT2D eigenvalue weighted by atomic mass is 35.5. The van der Waals surface area contributed by atoms with Crippen LogP contribution in [0.15, 0.2) is 24.4 Å². The Bertz CT molecular complexity index is 633. The molecule has 1 atom stereocenters. The maximum absolute atomic E-state index is 11.7. The van der Waals surface area contributed by atoms with Crippen molar-refractivity contribution in [1.29, 1.82) is 0 Å². The first-order valence-electron chi connectivity index (χ1n) is 6.60. The van der Waals surface area contributed by atoms with E-state index in [0.717, 1.165) is 10.9 Å². The second-order valence-electron chi connectivity index (χ2n) is 4.90. The van der Waals surface area contributed by atoms with Gasteiger partial charge in [0, 0.05) is 33.7 Å². The molecule has 0 saturated heterocycles. The van der Waals surface area contributed by atoms with Crippen molar-refractivity contribution in [3.63, 3.8) is 0 Å². The van der Waals surface area contributed by atoms with E-state index < -0.39 is 12.1 Å². The summed E-state index contributed by atoms with van der Waals surface area (Å²) in [6.07, 6.45) is 0.490. The minimum absolute atomic E-state index is 0.210. The van der Waals surface area contributed by atoms with Crippen molar-refractivity contribution in [2.24, 2.45) is 0 Å². The number of benzene rings is 1. The number of aromatic nitrogens is 1. The highest BCUT2D eigenvalue weighted by molar-refractivity contribution is 6.31. The number of hydrogen-bond donors (Lipinski definition) is 1. The van der Waals surface area contributed by atoms with E-state index in [2.05, 4.69) is 0 Å². The number of halogens is 1. The van der Waals surface area contributed by atoms with Crippen LogP contribution in [0.3, 0.4) is 0 Å². The Balaban J connectivity index is 2.57. The molecule has 0 saturated carbocycles. The fraction of sp³-hybridized carbons (Fsp3) is 0.400. The molecule has 1 aromatic carbocycles. The van der Waals surface area contributed by atoms with Gasteiger partial charge in [-0.1, -0.05) is 11.6 Å². The third-order valence-corrected chi connectivity index (χ3v) is 3.42. The molecular weight excluding hydrogens is 278 g/mol. The normalized spacial score (nSPS) is 12.9. The maximum Gasteiger partial charge on any atom is 0.339 e. The Kier molecular flexibility index (Phi) is 4.35. The number of carbonyl (C=O) groups is 1. The van der Waals surface area contributed by atoms with Gasteiger partial charge in [-0.25, -0.2) is 4.79 Å². The number of fused-ring (bicyclic) bond motifs is 1. The second kappa shape index (κ2) is 5.85. The topological polar surface area (TPSA) is 51.5 Å². The Morgan fingerprint density at radius 2 is 2.15 bits per heavy atom. The molecule has 1 heterocycles. The minimum atomic E-state index is -1.30. The molecule has 5 heteroatoms. The Hall–Kier alpha value is -1.52. The van der Waals surface area contributed by atoms with Gasteiger partial charge < -0.3 is 14.4 Å². The Morgan fingerprint density at radius 3 is 2.75 bits per heavy atom. The van der Waals surface area contributed by atoms with Gasteiger partial charge >= 0.3 is 5.97 Å². The summed E-state index contributed by atoms with van der Waals surface area (Å²) in [5, 5.41) is 11.5. The smallest absolute Gasteiger partial charge is 0.339 e. The predicted octanol–water partition coefficient (Wildman–Crippen LogP) is 3.47. The SMILES string of the molecule is CCOC(=O)C(O)c1cn(C(C)C)c2ccc(Cl)cc12. The molecule has 108 valence electrons. The summed E-state index contributed by atoms with van der Waals surface area (Å²) in [5.41, 5.74) is 1.46. The van der Waals surface area contributed by atoms with E-state index in [4.69, 9.17) is 16.3 Å². The van der Waals surface area contributed by atoms with Crippen LogP contribution in [0.1, 0.15) is 38.5 Å². The molecule has 1 N–H and O–H groups in total. The molecule has 0 bridgehead atoms. The van der Waals surface area contributed by atoms with E-state index in [-0.39, 0.29) is 12.6 Å². The maximum atomic E-state index is 11.7. The minimum Gasteiger partial charge on any atom is -0.464 e. The number of rotatable bonds is 4. The summed E-state index contributed by atoms with van der Waals surface area (Å²) in [7, 11) is 0. The summed E-state index contributed by atoms with van der Waals surface area (Å²) >= 11 is 6.02. The number of aliphatic hydroxyl groups excluding tert-OH is 1. The Morgan fingerprint density at radius 1 is 1.45 bits per heavy atom. The highest BCUT2D eigenvalue weighted by Crippen LogP contribution is 2.31. The van der Waals surface area contributed by atoms with Crippen LogP contribution >= 0.6 is 11.6 Å². The molecule has 4 nitrogen and oxygen atoms in total. The molecule has 0 fully saturated rings. The van der Waals surface area contributed by atoms with Crippen LogP contribution in [0.4, 0.5) is 0 Å². The number of ether oxygens (including phenoxy) is 1. The molecule has 0 aliphatic heterocycles. The van der Waals surface area contributed by atoms with Crippen LogP contribution in [-0.4, -0.2) is 22.2 Å². The fourth-order valence-corrected chi connectivity index (χ4v) is 2.42. The Labute approximate surface area is 122 Å². The van der Waals surface area contributed by atoms with E-state index in [0.29, 0.717) is 10.6 Å². The first kappa shape index (κ1) is 14.9. The molecule has 1 unspecified atom stereocenters. The van der Waals surface area contributed by atoms with Crippen molar-refractivity contribution >= 4 is 28.5 Å². The molecule has 0 radical (unpaired) electrons. The van der Waals surface area contributed by atoms with Crippen molar-refractivity contribution in [2.75, 3.05) is 6.61 Å². The van der Waals surface area contributed by atoms with Gasteiger partial charge in [0.2, 0.25) is 0 Å². The monoisotopic (exact) mass is 295 g/mol. The molecular formula is C15H18ClNO3. The predicted molar refractivity (Wildman–Crippen MR) is 78.9 cm³/mol. The van der Waals surface area contributed by atoms with E-state index >= 15 is 0 Å². The molecule has 0 spiro atoms. The van der Waals surface area contributed by atoms with Gasteiger partial charge in [0.25, 0.3) is 0 Å². The summed E-state index contributed by atoms with van der Waals surface area (Å²) in [4.78, 5) is 11.7. The summed E-state index contributed by atoms with van der Waals surface area (Å²) < 4.78 is 6.88. The van der Waals surface area contributed by atoms with Crippen LogP contribution in [-0.2, 0) is 9.53 Å². The summed E-state index contributed by atoms with van der Waals surface area (Å²) in [6, 6.07) is 5.65. The van der Waals surface area contributed by atoms with E-state index in [1.807, 2.05) is 24.5 Å². The van der Waals surface area contributed by atoms with Crippen molar-refractivity contribution in [3.05, 3.63) is 35.0 Å². The van der Waals surface area contributed by atoms with Gasteiger partial charge in [-0.05, 0) is 39.0 Å². The number of esters is 1. The quantitative estimate of drug-likeness (QED) is 0.879. The zero-order valence-electron chi connectivity index (χ0n) is 11.8. The van der Waals surface area contributed by atoms with Crippen molar-refractivity contribution in [2.45, 2.75) is 32.9 Å². The van der Waals surface area contributed by atoms with E-state index in [9.17, 15) is 9.90 Å². The molecule has 20 heavy (non-hydrogen) atoms. The van der Waals surface area contributed by atoms with Crippen LogP contribution < -0.4 is 0 Å². The van der Waals surface area contributed by atoms with Gasteiger partial charge in [0.15, 0.2) is 6.10 Å². The average Bonchev–Trinajstić information content (AvgIpc) is 2.76. The first-order valence-corrected chi connectivity index (χ1v) is 6.98. The summed E-state index contributed by atoms with van der Waals surface area (Å²) in [6.45, 7) is 6.02. The lowest BCUT2D eigenvalue weighted by molar-refractivity contribution is -0.153. The van der Waals surface area contributed by atoms with Gasteiger partial charge in [0.05, 0.1) is 6.61 Å². The third-order valence-electron chi connectivity index (χ3n) is 3.19. The standard InChI is InChI=1S/C15H18ClNO3/c1-4-20-15(19)14(18)12-8-17(9(2)3)13-6-5-10(16)7-11(12)13/h5-9,14,18H,4H2,1-3H3. The highest BCUT2D eigenvalue weighted by Gasteiger charge is 2.24. The first-order chi connectivity index (χ1) is 9.45. The average molecular weight is 296 g/mol. The zero-order valence-corrected chi connectivity index (χ0v) is 12.5.